The quantitative estimate of drug-likeness (QED) is 0.868. The maximum absolute atomic E-state index is 12.7. The van der Waals surface area contributed by atoms with Gasteiger partial charge in [0.2, 0.25) is 0 Å². The van der Waals surface area contributed by atoms with Gasteiger partial charge in [-0.3, -0.25) is 9.59 Å². The van der Waals surface area contributed by atoms with Crippen LogP contribution in [0.25, 0.3) is 10.9 Å². The lowest BCUT2D eigenvalue weighted by molar-refractivity contribution is 0.0947. The summed E-state index contributed by atoms with van der Waals surface area (Å²) in [5.74, 6) is -0.338. The minimum Gasteiger partial charge on any atom is -0.346 e. The third kappa shape index (κ3) is 2.09. The number of benzene rings is 1. The van der Waals surface area contributed by atoms with Gasteiger partial charge in [0.15, 0.2) is 0 Å². The molecule has 1 fully saturated rings. The first kappa shape index (κ1) is 11.8. The summed E-state index contributed by atoms with van der Waals surface area (Å²) in [6, 6.07) is 4.29. The zero-order valence-electron chi connectivity index (χ0n) is 10.3. The van der Waals surface area contributed by atoms with Gasteiger partial charge in [-0.15, -0.1) is 0 Å². The number of fused-ring (bicyclic) bond motifs is 1. The summed E-state index contributed by atoms with van der Waals surface area (Å²) in [4.78, 5) is 27.8. The lowest BCUT2D eigenvalue weighted by Crippen LogP contribution is -2.27. The molecule has 1 N–H and O–H groups in total. The van der Waals surface area contributed by atoms with Crippen molar-refractivity contribution in [3.05, 3.63) is 40.4 Å². The molecule has 0 saturated heterocycles. The molecule has 3 rings (SSSR count). The number of aryl methyl sites for hydroxylation is 1. The third-order valence-corrected chi connectivity index (χ3v) is 3.21. The van der Waals surface area contributed by atoms with Crippen molar-refractivity contribution in [3.8, 4) is 0 Å². The van der Waals surface area contributed by atoms with Gasteiger partial charge >= 0.3 is 0 Å². The Labute approximate surface area is 108 Å². The molecular formula is C13H12FN3O2. The summed E-state index contributed by atoms with van der Waals surface area (Å²) in [6.07, 6.45) is 0.845. The standard InChI is InChI=1S/C13H12FN3O2/c1-17-6-15-10-4-7(2-3-8(10)13(17)19)12(18)16-11-5-9(11)14/h2-4,6,9,11H,5H2,1H3,(H,16,18)/t9-,11+/m0/s1. The second-order valence-electron chi connectivity index (χ2n) is 4.72. The van der Waals surface area contributed by atoms with Crippen LogP contribution >= 0.6 is 0 Å². The molecule has 1 amide bonds. The van der Waals surface area contributed by atoms with E-state index in [4.69, 9.17) is 0 Å². The van der Waals surface area contributed by atoms with Crippen molar-refractivity contribution in [2.24, 2.45) is 7.05 Å². The van der Waals surface area contributed by atoms with Crippen molar-refractivity contribution in [2.75, 3.05) is 0 Å². The van der Waals surface area contributed by atoms with Crippen LogP contribution < -0.4 is 10.9 Å². The summed E-state index contributed by atoms with van der Waals surface area (Å²) in [7, 11) is 1.61. The number of rotatable bonds is 2. The Balaban J connectivity index is 1.95. The number of carbonyl (C=O) groups excluding carboxylic acids is 1. The summed E-state index contributed by atoms with van der Waals surface area (Å²) in [5.41, 5.74) is 0.679. The van der Waals surface area contributed by atoms with Gasteiger partial charge in [0.1, 0.15) is 6.17 Å². The van der Waals surface area contributed by atoms with Gasteiger partial charge in [-0.1, -0.05) is 0 Å². The molecule has 2 aromatic rings. The van der Waals surface area contributed by atoms with Gasteiger partial charge < -0.3 is 9.88 Å². The molecule has 1 aliphatic rings. The number of amides is 1. The van der Waals surface area contributed by atoms with Gasteiger partial charge in [0.05, 0.1) is 23.3 Å². The van der Waals surface area contributed by atoms with E-state index in [1.807, 2.05) is 0 Å². The molecule has 0 unspecified atom stereocenters. The summed E-state index contributed by atoms with van der Waals surface area (Å²) >= 11 is 0. The van der Waals surface area contributed by atoms with E-state index in [1.165, 1.54) is 10.9 Å². The van der Waals surface area contributed by atoms with E-state index in [0.29, 0.717) is 22.9 Å². The van der Waals surface area contributed by atoms with Crippen LogP contribution in [0, 0.1) is 0 Å². The normalized spacial score (nSPS) is 21.4. The van der Waals surface area contributed by atoms with Crippen LogP contribution in [-0.2, 0) is 7.05 Å². The molecule has 0 spiro atoms. The highest BCUT2D eigenvalue weighted by Crippen LogP contribution is 2.25. The van der Waals surface area contributed by atoms with Crippen LogP contribution in [0.2, 0.25) is 0 Å². The molecule has 1 heterocycles. The van der Waals surface area contributed by atoms with Crippen LogP contribution in [0.1, 0.15) is 16.8 Å². The Kier molecular flexibility index (Phi) is 2.58. The van der Waals surface area contributed by atoms with Gasteiger partial charge in [0, 0.05) is 19.0 Å². The Morgan fingerprint density at radius 3 is 2.95 bits per heavy atom. The zero-order valence-corrected chi connectivity index (χ0v) is 10.3. The van der Waals surface area contributed by atoms with Crippen molar-refractivity contribution < 1.29 is 9.18 Å². The van der Waals surface area contributed by atoms with Crippen LogP contribution in [0.3, 0.4) is 0 Å². The third-order valence-electron chi connectivity index (χ3n) is 3.21. The fourth-order valence-corrected chi connectivity index (χ4v) is 1.92. The molecule has 1 aromatic heterocycles. The number of nitrogens with zero attached hydrogens (tertiary/aromatic N) is 2. The molecule has 0 aliphatic heterocycles. The Bertz CT molecular complexity index is 725. The highest BCUT2D eigenvalue weighted by atomic mass is 19.1. The monoisotopic (exact) mass is 261 g/mol. The minimum absolute atomic E-state index is 0.164. The first-order valence-corrected chi connectivity index (χ1v) is 5.96. The lowest BCUT2D eigenvalue weighted by Gasteiger charge is -2.05. The van der Waals surface area contributed by atoms with Crippen molar-refractivity contribution in [3.63, 3.8) is 0 Å². The van der Waals surface area contributed by atoms with Gasteiger partial charge in [-0.25, -0.2) is 9.37 Å². The summed E-state index contributed by atoms with van der Waals surface area (Å²) < 4.78 is 14.1. The second kappa shape index (κ2) is 4.15. The number of hydrogen-bond acceptors (Lipinski definition) is 3. The van der Waals surface area contributed by atoms with Crippen LogP contribution in [0.15, 0.2) is 29.3 Å². The second-order valence-corrected chi connectivity index (χ2v) is 4.72. The zero-order chi connectivity index (χ0) is 13.6. The number of carbonyl (C=O) groups is 1. The molecular weight excluding hydrogens is 249 g/mol. The van der Waals surface area contributed by atoms with Crippen LogP contribution in [0.5, 0.6) is 0 Å². The minimum atomic E-state index is -0.935. The van der Waals surface area contributed by atoms with E-state index in [2.05, 4.69) is 10.3 Å². The van der Waals surface area contributed by atoms with Crippen molar-refractivity contribution in [1.82, 2.24) is 14.9 Å². The molecule has 0 radical (unpaired) electrons. The molecule has 1 aliphatic carbocycles. The van der Waals surface area contributed by atoms with Gasteiger partial charge in [-0.2, -0.15) is 0 Å². The molecule has 1 saturated carbocycles. The van der Waals surface area contributed by atoms with E-state index in [9.17, 15) is 14.0 Å². The number of alkyl halides is 1. The number of aromatic nitrogens is 2. The maximum Gasteiger partial charge on any atom is 0.260 e. The van der Waals surface area contributed by atoms with Crippen LogP contribution in [-0.4, -0.2) is 27.7 Å². The highest BCUT2D eigenvalue weighted by molar-refractivity contribution is 5.97. The average molecular weight is 261 g/mol. The molecule has 5 nitrogen and oxygen atoms in total. The Morgan fingerprint density at radius 2 is 2.26 bits per heavy atom. The first-order chi connectivity index (χ1) is 9.06. The molecule has 6 heteroatoms. The Hall–Kier alpha value is -2.24. The summed E-state index contributed by atoms with van der Waals surface area (Å²) in [6.45, 7) is 0. The van der Waals surface area contributed by atoms with Crippen molar-refractivity contribution >= 4 is 16.8 Å². The van der Waals surface area contributed by atoms with E-state index in [-0.39, 0.29) is 17.5 Å². The van der Waals surface area contributed by atoms with Gasteiger partial charge in [-0.05, 0) is 18.2 Å². The molecule has 0 bridgehead atoms. The number of hydrogen-bond donors (Lipinski definition) is 1. The predicted octanol–water partition coefficient (Wildman–Crippen LogP) is 0.774. The largest absolute Gasteiger partial charge is 0.346 e. The van der Waals surface area contributed by atoms with Crippen molar-refractivity contribution in [2.45, 2.75) is 18.6 Å². The van der Waals surface area contributed by atoms with E-state index < -0.39 is 6.17 Å². The van der Waals surface area contributed by atoms with Gasteiger partial charge in [0.25, 0.3) is 11.5 Å². The topological polar surface area (TPSA) is 64.0 Å². The molecule has 2 atom stereocenters. The highest BCUT2D eigenvalue weighted by Gasteiger charge is 2.38. The lowest BCUT2D eigenvalue weighted by atomic mass is 10.1. The number of halogens is 1. The smallest absolute Gasteiger partial charge is 0.260 e. The van der Waals surface area contributed by atoms with E-state index >= 15 is 0 Å². The fraction of sp³-hybridized carbons (Fsp3) is 0.308. The molecule has 1 aromatic carbocycles. The SMILES string of the molecule is Cn1cnc2cc(C(=O)N[C@@H]3C[C@@H]3F)ccc2c1=O. The fourth-order valence-electron chi connectivity index (χ4n) is 1.92. The van der Waals surface area contributed by atoms with E-state index in [1.54, 1.807) is 25.2 Å². The Morgan fingerprint density at radius 1 is 1.53 bits per heavy atom. The maximum atomic E-state index is 12.7. The average Bonchev–Trinajstić information content (AvgIpc) is 3.09. The molecule has 19 heavy (non-hydrogen) atoms. The predicted molar refractivity (Wildman–Crippen MR) is 67.8 cm³/mol. The summed E-state index contributed by atoms with van der Waals surface area (Å²) in [5, 5.41) is 3.04. The van der Waals surface area contributed by atoms with E-state index in [0.717, 1.165) is 0 Å². The first-order valence-electron chi connectivity index (χ1n) is 5.96. The van der Waals surface area contributed by atoms with Crippen LogP contribution in [0.4, 0.5) is 4.39 Å². The van der Waals surface area contributed by atoms with Crippen molar-refractivity contribution in [1.29, 1.82) is 0 Å². The number of nitrogens with one attached hydrogen (secondary N) is 1. The molecule has 98 valence electrons.